The Hall–Kier alpha value is -3.40. The molecule has 0 radical (unpaired) electrons. The molecule has 1 amide bonds. The second-order valence-electron chi connectivity index (χ2n) is 11.3. The molecule has 4 atom stereocenters. The summed E-state index contributed by atoms with van der Waals surface area (Å²) in [4.78, 5) is 21.9. The predicted octanol–water partition coefficient (Wildman–Crippen LogP) is 3.21. The molecule has 0 aromatic carbocycles. The van der Waals surface area contributed by atoms with Gasteiger partial charge in [0.05, 0.1) is 6.20 Å². The van der Waals surface area contributed by atoms with Crippen molar-refractivity contribution in [3.8, 4) is 0 Å². The summed E-state index contributed by atoms with van der Waals surface area (Å²) in [5.74, 6) is 0.178. The molecule has 2 aliphatic heterocycles. The molecule has 0 spiro atoms. The van der Waals surface area contributed by atoms with Crippen molar-refractivity contribution in [1.29, 1.82) is 0 Å². The van der Waals surface area contributed by atoms with Gasteiger partial charge in [-0.25, -0.2) is 17.4 Å². The fourth-order valence-corrected chi connectivity index (χ4v) is 8.49. The van der Waals surface area contributed by atoms with Crippen LogP contribution in [-0.2, 0) is 21.9 Å². The lowest BCUT2D eigenvalue weighted by Gasteiger charge is -2.42. The van der Waals surface area contributed by atoms with Crippen LogP contribution in [0.15, 0.2) is 61.2 Å². The first-order valence-electron chi connectivity index (χ1n) is 13.4. The number of carbonyl (C=O) groups is 1. The summed E-state index contributed by atoms with van der Waals surface area (Å²) in [5, 5.41) is 5.09. The molecular formula is C28H32N6O3S. The Bertz CT molecular complexity index is 1590. The van der Waals surface area contributed by atoms with E-state index in [1.165, 1.54) is 3.97 Å². The maximum absolute atomic E-state index is 14.3. The van der Waals surface area contributed by atoms with Crippen LogP contribution in [0.1, 0.15) is 44.1 Å². The highest BCUT2D eigenvalue weighted by molar-refractivity contribution is 7.91. The summed E-state index contributed by atoms with van der Waals surface area (Å²) < 4.78 is 30.5. The topological polar surface area (TPSA) is 93.3 Å². The molecule has 3 aromatic rings. The smallest absolute Gasteiger partial charge is 0.250 e. The number of amides is 1. The summed E-state index contributed by atoms with van der Waals surface area (Å²) in [5.41, 5.74) is 2.26. The van der Waals surface area contributed by atoms with Crippen LogP contribution in [0.25, 0.3) is 11.0 Å². The average Bonchev–Trinajstić information content (AvgIpc) is 3.42. The van der Waals surface area contributed by atoms with Crippen molar-refractivity contribution in [3.05, 3.63) is 66.8 Å². The summed E-state index contributed by atoms with van der Waals surface area (Å²) in [6.07, 6.45) is 18.4. The molecule has 5 heterocycles. The van der Waals surface area contributed by atoms with Gasteiger partial charge in [-0.2, -0.15) is 5.10 Å². The molecule has 0 N–H and O–H groups in total. The van der Waals surface area contributed by atoms with E-state index in [1.54, 1.807) is 42.3 Å². The number of anilines is 1. The second kappa shape index (κ2) is 8.30. The number of pyridine rings is 1. The highest BCUT2D eigenvalue weighted by Crippen LogP contribution is 2.43. The van der Waals surface area contributed by atoms with Gasteiger partial charge in [0, 0.05) is 73.7 Å². The van der Waals surface area contributed by atoms with Gasteiger partial charge in [-0.15, -0.1) is 0 Å². The van der Waals surface area contributed by atoms with Gasteiger partial charge >= 0.3 is 0 Å². The molecule has 2 saturated heterocycles. The third-order valence-corrected chi connectivity index (χ3v) is 11.2. The van der Waals surface area contributed by atoms with Crippen molar-refractivity contribution in [2.45, 2.75) is 55.4 Å². The van der Waals surface area contributed by atoms with Gasteiger partial charge in [0.1, 0.15) is 4.75 Å². The minimum absolute atomic E-state index is 0.217. The molecule has 7 rings (SSSR count). The van der Waals surface area contributed by atoms with Crippen LogP contribution in [0.3, 0.4) is 0 Å². The fourth-order valence-electron chi connectivity index (χ4n) is 6.69. The zero-order chi connectivity index (χ0) is 26.2. The van der Waals surface area contributed by atoms with E-state index >= 15 is 0 Å². The zero-order valence-electron chi connectivity index (χ0n) is 21.6. The van der Waals surface area contributed by atoms with E-state index in [0.717, 1.165) is 55.4 Å². The number of hydrogen-bond donors (Lipinski definition) is 0. The Balaban J connectivity index is 1.24. The van der Waals surface area contributed by atoms with Crippen LogP contribution in [0.2, 0.25) is 0 Å². The third kappa shape index (κ3) is 3.42. The van der Waals surface area contributed by atoms with E-state index in [1.807, 2.05) is 37.5 Å². The van der Waals surface area contributed by atoms with Crippen LogP contribution < -0.4 is 4.90 Å². The Morgan fingerprint density at radius 3 is 2.53 bits per heavy atom. The van der Waals surface area contributed by atoms with E-state index < -0.39 is 14.8 Å². The normalized spacial score (nSPS) is 28.9. The molecule has 2 aliphatic carbocycles. The Labute approximate surface area is 222 Å². The predicted molar refractivity (Wildman–Crippen MR) is 145 cm³/mol. The number of aryl methyl sites for hydroxylation is 1. The molecule has 1 saturated carbocycles. The van der Waals surface area contributed by atoms with Gasteiger partial charge in [0.15, 0.2) is 5.65 Å². The third-order valence-electron chi connectivity index (χ3n) is 8.89. The molecular weight excluding hydrogens is 500 g/mol. The molecule has 9 nitrogen and oxygen atoms in total. The lowest BCUT2D eigenvalue weighted by molar-refractivity contribution is -0.135. The van der Waals surface area contributed by atoms with Crippen molar-refractivity contribution >= 4 is 32.7 Å². The van der Waals surface area contributed by atoms with Crippen molar-refractivity contribution in [3.63, 3.8) is 0 Å². The van der Waals surface area contributed by atoms with Gasteiger partial charge in [0.2, 0.25) is 15.9 Å². The monoisotopic (exact) mass is 532 g/mol. The summed E-state index contributed by atoms with van der Waals surface area (Å²) in [7, 11) is -2.07. The number of allylic oxidation sites excluding steroid dienone is 3. The van der Waals surface area contributed by atoms with Crippen LogP contribution in [0.5, 0.6) is 0 Å². The van der Waals surface area contributed by atoms with Gasteiger partial charge in [-0.3, -0.25) is 9.48 Å². The molecule has 4 unspecified atom stereocenters. The van der Waals surface area contributed by atoms with Crippen LogP contribution >= 0.6 is 0 Å². The van der Waals surface area contributed by atoms with E-state index in [-0.39, 0.29) is 23.9 Å². The number of carbonyl (C=O) groups excluding carboxylic acids is 1. The highest BCUT2D eigenvalue weighted by Gasteiger charge is 2.48. The number of aromatic nitrogens is 4. The van der Waals surface area contributed by atoms with Crippen LogP contribution in [-0.4, -0.2) is 67.9 Å². The first-order valence-corrected chi connectivity index (χ1v) is 14.8. The van der Waals surface area contributed by atoms with E-state index in [4.69, 9.17) is 0 Å². The first-order chi connectivity index (χ1) is 18.3. The van der Waals surface area contributed by atoms with Gasteiger partial charge in [-0.05, 0) is 50.3 Å². The van der Waals surface area contributed by atoms with E-state index in [9.17, 15) is 13.2 Å². The van der Waals surface area contributed by atoms with Gasteiger partial charge < -0.3 is 9.80 Å². The second-order valence-corrected chi connectivity index (χ2v) is 13.6. The average molecular weight is 533 g/mol. The fraction of sp³-hybridized carbons (Fsp3) is 0.464. The van der Waals surface area contributed by atoms with Gasteiger partial charge in [-0.1, -0.05) is 24.3 Å². The Morgan fingerprint density at radius 1 is 1.08 bits per heavy atom. The number of hydrogen-bond acceptors (Lipinski definition) is 6. The molecule has 3 fully saturated rings. The lowest BCUT2D eigenvalue weighted by atomic mass is 9.85. The minimum Gasteiger partial charge on any atom is -0.367 e. The molecule has 2 bridgehead atoms. The van der Waals surface area contributed by atoms with Crippen LogP contribution in [0, 0.1) is 5.92 Å². The minimum atomic E-state index is -3.90. The van der Waals surface area contributed by atoms with E-state index in [0.29, 0.717) is 11.6 Å². The standard InChI is InChI=1S/C28H32N6O3S/c1-28(12-4-3-5-24(28)20-15-30-31(2)16-20)38(36,37)33-14-11-23-25(10-13-29-26(23)33)32-17-21-8-9-22(18-32)34(21)27(35)19-6-7-19/h3-5,10-16,19,21-22,24H,6-9,17-18H2,1-2H3. The van der Waals surface area contributed by atoms with Crippen molar-refractivity contribution in [2.75, 3.05) is 18.0 Å². The summed E-state index contributed by atoms with van der Waals surface area (Å²) >= 11 is 0. The van der Waals surface area contributed by atoms with Gasteiger partial charge in [0.25, 0.3) is 0 Å². The SMILES string of the molecule is Cn1cc(C2C=CC=CC2(C)S(=O)(=O)n2ccc3c(N4CC5CCC(C4)N5C(=O)C4CC4)ccnc32)cn1. The zero-order valence-corrected chi connectivity index (χ0v) is 22.5. The maximum Gasteiger partial charge on any atom is 0.250 e. The highest BCUT2D eigenvalue weighted by atomic mass is 32.2. The number of piperazine rings is 1. The van der Waals surface area contributed by atoms with Crippen molar-refractivity contribution < 1.29 is 13.2 Å². The summed E-state index contributed by atoms with van der Waals surface area (Å²) in [6, 6.07) is 4.27. The van der Waals surface area contributed by atoms with Crippen molar-refractivity contribution in [1.82, 2.24) is 23.6 Å². The summed E-state index contributed by atoms with van der Waals surface area (Å²) in [6.45, 7) is 3.30. The molecule has 198 valence electrons. The van der Waals surface area contributed by atoms with E-state index in [2.05, 4.69) is 19.9 Å². The first kappa shape index (κ1) is 23.7. The Kier molecular flexibility index (Phi) is 5.17. The quantitative estimate of drug-likeness (QED) is 0.501. The Morgan fingerprint density at radius 2 is 1.84 bits per heavy atom. The van der Waals surface area contributed by atoms with Crippen molar-refractivity contribution in [2.24, 2.45) is 13.0 Å². The number of fused-ring (bicyclic) bond motifs is 3. The molecule has 10 heteroatoms. The molecule has 4 aliphatic rings. The molecule has 38 heavy (non-hydrogen) atoms. The maximum atomic E-state index is 14.3. The van der Waals surface area contributed by atoms with Crippen LogP contribution in [0.4, 0.5) is 5.69 Å². The molecule has 3 aromatic heterocycles. The largest absolute Gasteiger partial charge is 0.367 e. The lowest BCUT2D eigenvalue weighted by Crippen LogP contribution is -2.56. The number of rotatable bonds is 5. The number of nitrogens with zero attached hydrogens (tertiary/aromatic N) is 6.